The van der Waals surface area contributed by atoms with Crippen LogP contribution >= 0.6 is 11.3 Å². The van der Waals surface area contributed by atoms with E-state index in [4.69, 9.17) is 4.74 Å². The van der Waals surface area contributed by atoms with Gasteiger partial charge in [0, 0.05) is 19.3 Å². The maximum atomic E-state index is 12.9. The summed E-state index contributed by atoms with van der Waals surface area (Å²) in [4.78, 5) is 19.2. The molecule has 1 aromatic carbocycles. The third kappa shape index (κ3) is 3.32. The highest BCUT2D eigenvalue weighted by Gasteiger charge is 2.22. The average molecular weight is 344 g/mol. The predicted molar refractivity (Wildman–Crippen MR) is 95.8 cm³/mol. The third-order valence-electron chi connectivity index (χ3n) is 3.66. The molecule has 0 atom stereocenters. The van der Waals surface area contributed by atoms with Gasteiger partial charge in [-0.05, 0) is 26.0 Å². The van der Waals surface area contributed by atoms with Crippen molar-refractivity contribution in [1.29, 1.82) is 0 Å². The number of anilines is 1. The molecule has 7 heteroatoms. The van der Waals surface area contributed by atoms with Crippen molar-refractivity contribution >= 4 is 32.6 Å². The molecule has 1 amide bonds. The second kappa shape index (κ2) is 7.11. The molecule has 126 valence electrons. The number of rotatable bonds is 6. The lowest BCUT2D eigenvalue weighted by molar-refractivity contribution is 0.0976. The van der Waals surface area contributed by atoms with Gasteiger partial charge in [-0.1, -0.05) is 23.5 Å². The summed E-state index contributed by atoms with van der Waals surface area (Å²) < 4.78 is 7.99. The van der Waals surface area contributed by atoms with Crippen LogP contribution in [-0.4, -0.2) is 40.9 Å². The van der Waals surface area contributed by atoms with E-state index in [0.29, 0.717) is 23.8 Å². The van der Waals surface area contributed by atoms with Gasteiger partial charge >= 0.3 is 0 Å². The van der Waals surface area contributed by atoms with Gasteiger partial charge in [0.15, 0.2) is 5.13 Å². The average Bonchev–Trinajstić information content (AvgIpc) is 3.22. The monoisotopic (exact) mass is 344 g/mol. The first-order chi connectivity index (χ1) is 11.6. The summed E-state index contributed by atoms with van der Waals surface area (Å²) in [6.45, 7) is 4.94. The maximum absolute atomic E-state index is 12.9. The van der Waals surface area contributed by atoms with Crippen LogP contribution in [0.25, 0.3) is 10.2 Å². The molecule has 24 heavy (non-hydrogen) atoms. The number of fused-ring (bicyclic) bond motifs is 1. The molecule has 2 aromatic heterocycles. The molecule has 3 rings (SSSR count). The number of ether oxygens (including phenoxy) is 1. The molecular weight excluding hydrogens is 324 g/mol. The number of methoxy groups -OCH3 is 1. The summed E-state index contributed by atoms with van der Waals surface area (Å²) in [5.41, 5.74) is 1.45. The molecular formula is C17H20N4O2S. The minimum atomic E-state index is -0.113. The zero-order chi connectivity index (χ0) is 17.1. The zero-order valence-electron chi connectivity index (χ0n) is 14.0. The van der Waals surface area contributed by atoms with E-state index in [1.54, 1.807) is 29.1 Å². The number of hydrogen-bond donors (Lipinski definition) is 0. The van der Waals surface area contributed by atoms with E-state index in [1.807, 2.05) is 38.1 Å². The van der Waals surface area contributed by atoms with Crippen LogP contribution in [0.3, 0.4) is 0 Å². The minimum Gasteiger partial charge on any atom is -0.383 e. The van der Waals surface area contributed by atoms with E-state index in [-0.39, 0.29) is 11.9 Å². The van der Waals surface area contributed by atoms with Gasteiger partial charge in [-0.15, -0.1) is 0 Å². The topological polar surface area (TPSA) is 60.2 Å². The van der Waals surface area contributed by atoms with Gasteiger partial charge in [-0.3, -0.25) is 14.4 Å². The quantitative estimate of drug-likeness (QED) is 0.688. The lowest BCUT2D eigenvalue weighted by Gasteiger charge is -2.18. The first kappa shape index (κ1) is 16.6. The number of hydrogen-bond acceptors (Lipinski definition) is 5. The molecule has 2 heterocycles. The molecule has 0 aliphatic heterocycles. The van der Waals surface area contributed by atoms with Crippen LogP contribution in [0.4, 0.5) is 5.13 Å². The number of nitrogens with zero attached hydrogens (tertiary/aromatic N) is 4. The Morgan fingerprint density at radius 2 is 2.17 bits per heavy atom. The molecule has 0 saturated heterocycles. The lowest BCUT2D eigenvalue weighted by atomic mass is 10.3. The van der Waals surface area contributed by atoms with E-state index in [1.165, 1.54) is 11.3 Å². The largest absolute Gasteiger partial charge is 0.383 e. The van der Waals surface area contributed by atoms with E-state index < -0.39 is 0 Å². The Kier molecular flexibility index (Phi) is 4.92. The minimum absolute atomic E-state index is 0.113. The summed E-state index contributed by atoms with van der Waals surface area (Å²) >= 11 is 1.50. The number of para-hydroxylation sites is 1. The smallest absolute Gasteiger partial charge is 0.263 e. The number of thiazole rings is 1. The van der Waals surface area contributed by atoms with Gasteiger partial charge in [0.05, 0.1) is 35.1 Å². The van der Waals surface area contributed by atoms with Gasteiger partial charge in [-0.2, -0.15) is 5.10 Å². The molecule has 0 radical (unpaired) electrons. The number of aromatic nitrogens is 3. The second-order valence-corrected chi connectivity index (χ2v) is 6.73. The zero-order valence-corrected chi connectivity index (χ0v) is 14.8. The Bertz CT molecular complexity index is 807. The van der Waals surface area contributed by atoms with Crippen LogP contribution in [-0.2, 0) is 4.74 Å². The fraction of sp³-hybridized carbons (Fsp3) is 0.353. The Morgan fingerprint density at radius 3 is 2.83 bits per heavy atom. The first-order valence-corrected chi connectivity index (χ1v) is 8.62. The molecule has 0 fully saturated rings. The molecule has 0 unspecified atom stereocenters. The number of benzene rings is 1. The predicted octanol–water partition coefficient (Wildman–Crippen LogP) is 3.37. The molecule has 3 aromatic rings. The Hall–Kier alpha value is -2.25. The van der Waals surface area contributed by atoms with Crippen LogP contribution in [0.1, 0.15) is 30.2 Å². The molecule has 0 saturated carbocycles. The van der Waals surface area contributed by atoms with Crippen molar-refractivity contribution in [3.63, 3.8) is 0 Å². The van der Waals surface area contributed by atoms with Crippen LogP contribution in [0, 0.1) is 0 Å². The molecule has 6 nitrogen and oxygen atoms in total. The van der Waals surface area contributed by atoms with Gasteiger partial charge in [0.25, 0.3) is 5.91 Å². The fourth-order valence-corrected chi connectivity index (χ4v) is 3.32. The molecule has 0 aliphatic carbocycles. The number of amides is 1. The summed E-state index contributed by atoms with van der Waals surface area (Å²) in [6, 6.07) is 8.08. The van der Waals surface area contributed by atoms with Crippen LogP contribution in [0.15, 0.2) is 36.7 Å². The van der Waals surface area contributed by atoms with E-state index >= 15 is 0 Å². The van der Waals surface area contributed by atoms with Crippen molar-refractivity contribution in [2.75, 3.05) is 25.2 Å². The van der Waals surface area contributed by atoms with E-state index in [0.717, 1.165) is 10.2 Å². The van der Waals surface area contributed by atoms with Gasteiger partial charge in [-0.25, -0.2) is 4.98 Å². The number of carbonyl (C=O) groups excluding carboxylic acids is 1. The van der Waals surface area contributed by atoms with E-state index in [9.17, 15) is 4.79 Å². The molecule has 0 N–H and O–H groups in total. The van der Waals surface area contributed by atoms with Crippen molar-refractivity contribution < 1.29 is 9.53 Å². The standard InChI is InChI=1S/C17H20N4O2S/c1-12(2)21-11-13(10-18-21)16(22)20(8-9-23-3)17-19-14-6-4-5-7-15(14)24-17/h4-7,10-12H,8-9H2,1-3H3. The summed E-state index contributed by atoms with van der Waals surface area (Å²) in [6.07, 6.45) is 3.38. The number of carbonyl (C=O) groups is 1. The van der Waals surface area contributed by atoms with Crippen molar-refractivity contribution in [3.8, 4) is 0 Å². The molecule has 0 bridgehead atoms. The molecule has 0 aliphatic rings. The molecule has 0 spiro atoms. The maximum Gasteiger partial charge on any atom is 0.263 e. The third-order valence-corrected chi connectivity index (χ3v) is 4.71. The van der Waals surface area contributed by atoms with Crippen LogP contribution < -0.4 is 4.90 Å². The van der Waals surface area contributed by atoms with Gasteiger partial charge in [0.2, 0.25) is 0 Å². The van der Waals surface area contributed by atoms with Crippen LogP contribution in [0.5, 0.6) is 0 Å². The SMILES string of the molecule is COCCN(C(=O)c1cnn(C(C)C)c1)c1nc2ccccc2s1. The van der Waals surface area contributed by atoms with Gasteiger partial charge < -0.3 is 4.74 Å². The fourth-order valence-electron chi connectivity index (χ4n) is 2.33. The van der Waals surface area contributed by atoms with Crippen molar-refractivity contribution in [3.05, 3.63) is 42.2 Å². The van der Waals surface area contributed by atoms with E-state index in [2.05, 4.69) is 10.1 Å². The second-order valence-electron chi connectivity index (χ2n) is 5.72. The van der Waals surface area contributed by atoms with Crippen molar-refractivity contribution in [1.82, 2.24) is 14.8 Å². The van der Waals surface area contributed by atoms with Crippen LogP contribution in [0.2, 0.25) is 0 Å². The lowest BCUT2D eigenvalue weighted by Crippen LogP contribution is -2.33. The van der Waals surface area contributed by atoms with Gasteiger partial charge in [0.1, 0.15) is 0 Å². The highest BCUT2D eigenvalue weighted by molar-refractivity contribution is 7.22. The normalized spacial score (nSPS) is 11.3. The highest BCUT2D eigenvalue weighted by Crippen LogP contribution is 2.29. The highest BCUT2D eigenvalue weighted by atomic mass is 32.1. The Morgan fingerprint density at radius 1 is 1.38 bits per heavy atom. The Labute approximate surface area is 144 Å². The first-order valence-electron chi connectivity index (χ1n) is 7.80. The summed E-state index contributed by atoms with van der Waals surface area (Å²) in [5.74, 6) is -0.113. The summed E-state index contributed by atoms with van der Waals surface area (Å²) in [7, 11) is 1.62. The Balaban J connectivity index is 1.93. The van der Waals surface area contributed by atoms with Crippen molar-refractivity contribution in [2.45, 2.75) is 19.9 Å². The summed E-state index contributed by atoms with van der Waals surface area (Å²) in [5, 5.41) is 4.93. The van der Waals surface area contributed by atoms with Crippen molar-refractivity contribution in [2.24, 2.45) is 0 Å².